The summed E-state index contributed by atoms with van der Waals surface area (Å²) in [6.45, 7) is 4.45. The molecule has 1 atom stereocenters. The Morgan fingerprint density at radius 1 is 1.41 bits per heavy atom. The van der Waals surface area contributed by atoms with Crippen LogP contribution < -0.4 is 5.32 Å². The Labute approximate surface area is 132 Å². The highest BCUT2D eigenvalue weighted by molar-refractivity contribution is 7.10. The molecular formula is C16H17N3O2S. The van der Waals surface area contributed by atoms with Crippen molar-refractivity contribution < 1.29 is 9.21 Å². The lowest BCUT2D eigenvalue weighted by Crippen LogP contribution is -2.31. The number of aryl methyl sites for hydroxylation is 2. The molecule has 0 radical (unpaired) electrons. The molecule has 0 aliphatic carbocycles. The predicted octanol–water partition coefficient (Wildman–Crippen LogP) is 3.17. The minimum atomic E-state index is -0.215. The molecule has 0 fully saturated rings. The average Bonchev–Trinajstić information content (AvgIpc) is 3.22. The zero-order chi connectivity index (χ0) is 15.5. The molecule has 3 rings (SSSR count). The van der Waals surface area contributed by atoms with Gasteiger partial charge >= 0.3 is 0 Å². The molecule has 114 valence electrons. The number of thiophene rings is 1. The van der Waals surface area contributed by atoms with Crippen LogP contribution in [0.5, 0.6) is 0 Å². The first-order valence-electron chi connectivity index (χ1n) is 7.03. The van der Waals surface area contributed by atoms with Gasteiger partial charge in [0.05, 0.1) is 12.0 Å². The Morgan fingerprint density at radius 3 is 2.86 bits per heavy atom. The van der Waals surface area contributed by atoms with Gasteiger partial charge in [0, 0.05) is 17.1 Å². The fraction of sp³-hybridized carbons (Fsp3) is 0.250. The van der Waals surface area contributed by atoms with E-state index in [0.29, 0.717) is 12.3 Å². The molecular weight excluding hydrogens is 298 g/mol. The number of carbonyl (C=O) groups excluding carboxylic acids is 1. The lowest BCUT2D eigenvalue weighted by Gasteiger charge is -2.18. The second kappa shape index (κ2) is 6.19. The van der Waals surface area contributed by atoms with Crippen molar-refractivity contribution in [2.24, 2.45) is 0 Å². The van der Waals surface area contributed by atoms with Gasteiger partial charge in [-0.05, 0) is 43.5 Å². The van der Waals surface area contributed by atoms with Gasteiger partial charge in [0.15, 0.2) is 5.76 Å². The van der Waals surface area contributed by atoms with Crippen LogP contribution in [-0.2, 0) is 0 Å². The van der Waals surface area contributed by atoms with Crippen LogP contribution in [0.1, 0.15) is 32.9 Å². The molecule has 0 bridgehead atoms. The first-order chi connectivity index (χ1) is 10.6. The third kappa shape index (κ3) is 2.96. The largest absolute Gasteiger partial charge is 0.459 e. The van der Waals surface area contributed by atoms with Gasteiger partial charge in [0.25, 0.3) is 5.91 Å². The first kappa shape index (κ1) is 14.6. The van der Waals surface area contributed by atoms with E-state index in [2.05, 4.69) is 16.5 Å². The molecule has 0 saturated heterocycles. The first-order valence-corrected chi connectivity index (χ1v) is 7.91. The molecule has 3 heterocycles. The number of rotatable bonds is 5. The summed E-state index contributed by atoms with van der Waals surface area (Å²) in [5.41, 5.74) is 2.04. The van der Waals surface area contributed by atoms with Gasteiger partial charge in [0.1, 0.15) is 6.04 Å². The summed E-state index contributed by atoms with van der Waals surface area (Å²) in [7, 11) is 0. The summed E-state index contributed by atoms with van der Waals surface area (Å²) in [6.07, 6.45) is 1.49. The number of furan rings is 1. The molecule has 0 aliphatic heterocycles. The Kier molecular flexibility index (Phi) is 4.11. The monoisotopic (exact) mass is 315 g/mol. The van der Waals surface area contributed by atoms with Gasteiger partial charge in [-0.25, -0.2) is 0 Å². The molecule has 0 aromatic carbocycles. The Bertz CT molecular complexity index is 745. The summed E-state index contributed by atoms with van der Waals surface area (Å²) in [5.74, 6) is 0.103. The lowest BCUT2D eigenvalue weighted by molar-refractivity contribution is 0.0921. The van der Waals surface area contributed by atoms with E-state index in [0.717, 1.165) is 16.3 Å². The van der Waals surface area contributed by atoms with Crippen LogP contribution in [0.4, 0.5) is 0 Å². The normalized spacial score (nSPS) is 12.3. The van der Waals surface area contributed by atoms with Gasteiger partial charge in [0.2, 0.25) is 0 Å². The molecule has 1 unspecified atom stereocenters. The van der Waals surface area contributed by atoms with E-state index in [1.165, 1.54) is 6.26 Å². The summed E-state index contributed by atoms with van der Waals surface area (Å²) in [4.78, 5) is 13.2. The second-order valence-corrected chi connectivity index (χ2v) is 6.07. The van der Waals surface area contributed by atoms with E-state index < -0.39 is 0 Å². The molecule has 1 amide bonds. The molecule has 0 saturated carbocycles. The van der Waals surface area contributed by atoms with Gasteiger partial charge in [-0.1, -0.05) is 6.07 Å². The Balaban J connectivity index is 1.81. The Morgan fingerprint density at radius 2 is 2.27 bits per heavy atom. The molecule has 0 spiro atoms. The van der Waals surface area contributed by atoms with Gasteiger partial charge in [-0.2, -0.15) is 5.10 Å². The summed E-state index contributed by atoms with van der Waals surface area (Å²) < 4.78 is 7.08. The van der Waals surface area contributed by atoms with Crippen molar-refractivity contribution in [3.8, 4) is 0 Å². The van der Waals surface area contributed by atoms with Crippen molar-refractivity contribution >= 4 is 17.2 Å². The quantitative estimate of drug-likeness (QED) is 0.786. The zero-order valence-corrected chi connectivity index (χ0v) is 13.3. The van der Waals surface area contributed by atoms with Gasteiger partial charge in [-0.3, -0.25) is 9.48 Å². The number of amides is 1. The van der Waals surface area contributed by atoms with Crippen LogP contribution in [0, 0.1) is 13.8 Å². The van der Waals surface area contributed by atoms with Crippen molar-refractivity contribution in [1.29, 1.82) is 0 Å². The van der Waals surface area contributed by atoms with Crippen LogP contribution in [0.3, 0.4) is 0 Å². The van der Waals surface area contributed by atoms with Crippen LogP contribution in [0.15, 0.2) is 46.4 Å². The predicted molar refractivity (Wildman–Crippen MR) is 85.2 cm³/mol. The van der Waals surface area contributed by atoms with E-state index in [4.69, 9.17) is 4.42 Å². The highest BCUT2D eigenvalue weighted by atomic mass is 32.1. The van der Waals surface area contributed by atoms with Crippen LogP contribution in [-0.4, -0.2) is 22.2 Å². The molecule has 3 aromatic rings. The van der Waals surface area contributed by atoms with E-state index >= 15 is 0 Å². The maximum Gasteiger partial charge on any atom is 0.287 e. The fourth-order valence-corrected chi connectivity index (χ4v) is 3.25. The molecule has 5 nitrogen and oxygen atoms in total. The summed E-state index contributed by atoms with van der Waals surface area (Å²) in [6, 6.07) is 9.44. The maximum atomic E-state index is 12.1. The lowest BCUT2D eigenvalue weighted by atomic mass is 10.2. The smallest absolute Gasteiger partial charge is 0.287 e. The van der Waals surface area contributed by atoms with Crippen molar-refractivity contribution in [1.82, 2.24) is 15.1 Å². The topological polar surface area (TPSA) is 60.1 Å². The average molecular weight is 315 g/mol. The van der Waals surface area contributed by atoms with Crippen molar-refractivity contribution in [3.63, 3.8) is 0 Å². The van der Waals surface area contributed by atoms with Crippen molar-refractivity contribution in [2.75, 3.05) is 6.54 Å². The highest BCUT2D eigenvalue weighted by Gasteiger charge is 2.20. The van der Waals surface area contributed by atoms with E-state index in [-0.39, 0.29) is 11.9 Å². The van der Waals surface area contributed by atoms with Crippen LogP contribution >= 0.6 is 11.3 Å². The number of carbonyl (C=O) groups is 1. The van der Waals surface area contributed by atoms with Gasteiger partial charge in [-0.15, -0.1) is 11.3 Å². The number of aromatic nitrogens is 2. The standard InChI is InChI=1S/C16H17N3O2S/c1-11-9-12(2)19(18-11)13(15-6-4-8-22-15)10-17-16(20)14-5-3-7-21-14/h3-9,13H,10H2,1-2H3,(H,17,20). The third-order valence-electron chi connectivity index (χ3n) is 3.41. The number of nitrogens with one attached hydrogen (secondary N) is 1. The minimum Gasteiger partial charge on any atom is -0.459 e. The fourth-order valence-electron chi connectivity index (χ4n) is 2.43. The van der Waals surface area contributed by atoms with Gasteiger partial charge < -0.3 is 9.73 Å². The number of hydrogen-bond acceptors (Lipinski definition) is 4. The second-order valence-electron chi connectivity index (χ2n) is 5.09. The number of nitrogens with zero attached hydrogens (tertiary/aromatic N) is 2. The molecule has 6 heteroatoms. The van der Waals surface area contributed by atoms with Crippen LogP contribution in [0.25, 0.3) is 0 Å². The maximum absolute atomic E-state index is 12.1. The minimum absolute atomic E-state index is 0.0207. The third-order valence-corrected chi connectivity index (χ3v) is 4.39. The zero-order valence-electron chi connectivity index (χ0n) is 12.4. The summed E-state index contributed by atoms with van der Waals surface area (Å²) >= 11 is 1.66. The Hall–Kier alpha value is -2.34. The van der Waals surface area contributed by atoms with Crippen molar-refractivity contribution in [3.05, 3.63) is 64.0 Å². The summed E-state index contributed by atoms with van der Waals surface area (Å²) in [5, 5.41) is 9.51. The molecule has 1 N–H and O–H groups in total. The molecule has 22 heavy (non-hydrogen) atoms. The van der Waals surface area contributed by atoms with E-state index in [9.17, 15) is 4.79 Å². The molecule has 3 aromatic heterocycles. The van der Waals surface area contributed by atoms with Crippen molar-refractivity contribution in [2.45, 2.75) is 19.9 Å². The number of hydrogen-bond donors (Lipinski definition) is 1. The molecule has 0 aliphatic rings. The SMILES string of the molecule is Cc1cc(C)n(C(CNC(=O)c2ccco2)c2cccs2)n1. The van der Waals surface area contributed by atoms with Crippen LogP contribution in [0.2, 0.25) is 0 Å². The highest BCUT2D eigenvalue weighted by Crippen LogP contribution is 2.24. The van der Waals surface area contributed by atoms with E-state index in [1.807, 2.05) is 36.0 Å². The van der Waals surface area contributed by atoms with E-state index in [1.54, 1.807) is 23.5 Å².